The smallest absolute Gasteiger partial charge is 0.226 e. The van der Waals surface area contributed by atoms with Gasteiger partial charge < -0.3 is 0 Å². The van der Waals surface area contributed by atoms with Crippen molar-refractivity contribution < 1.29 is 0 Å². The molecule has 68 valence electrons. The molecule has 0 aliphatic rings. The second kappa shape index (κ2) is 3.13. The van der Waals surface area contributed by atoms with Crippen molar-refractivity contribution in [1.82, 2.24) is 10.2 Å². The van der Waals surface area contributed by atoms with Gasteiger partial charge in [0.2, 0.25) is 11.1 Å². The Kier molecular flexibility index (Phi) is 1.95. The highest BCUT2D eigenvalue weighted by Crippen LogP contribution is 2.13. The Morgan fingerprint density at radius 3 is 3.00 bits per heavy atom. The maximum absolute atomic E-state index is 11.5. The number of aromatic nitrogens is 2. The van der Waals surface area contributed by atoms with E-state index in [0.29, 0.717) is 15.9 Å². The van der Waals surface area contributed by atoms with E-state index in [9.17, 15) is 4.79 Å². The molecule has 1 heterocycles. The Morgan fingerprint density at radius 1 is 1.50 bits per heavy atom. The first-order chi connectivity index (χ1) is 6.72. The average molecular weight is 206 g/mol. The maximum Gasteiger partial charge on any atom is 0.226 e. The molecule has 0 saturated carbocycles. The zero-order valence-electron chi connectivity index (χ0n) is 6.91. The Labute approximate surface area is 83.7 Å². The molecule has 0 amide bonds. The van der Waals surface area contributed by atoms with E-state index in [2.05, 4.69) is 10.2 Å². The molecule has 0 fully saturated rings. The van der Waals surface area contributed by atoms with Crippen molar-refractivity contribution in [3.8, 4) is 6.07 Å². The fourth-order valence-electron chi connectivity index (χ4n) is 1.18. The molecule has 0 bridgehead atoms. The van der Waals surface area contributed by atoms with Gasteiger partial charge in [-0.05, 0) is 18.2 Å². The van der Waals surface area contributed by atoms with Crippen LogP contribution < -0.4 is 5.43 Å². The van der Waals surface area contributed by atoms with Crippen molar-refractivity contribution in [2.75, 3.05) is 0 Å². The molecule has 2 rings (SSSR count). The van der Waals surface area contributed by atoms with E-state index < -0.39 is 0 Å². The normalized spacial score (nSPS) is 10.0. The lowest BCUT2D eigenvalue weighted by atomic mass is 10.2. The van der Waals surface area contributed by atoms with E-state index >= 15 is 0 Å². The molecule has 1 aromatic heterocycles. The molecule has 0 saturated heterocycles. The molecule has 1 aromatic carbocycles. The van der Waals surface area contributed by atoms with Gasteiger partial charge in [-0.25, -0.2) is 0 Å². The topological polar surface area (TPSA) is 69.5 Å². The van der Waals surface area contributed by atoms with Crippen LogP contribution in [0.5, 0.6) is 0 Å². The first kappa shape index (κ1) is 8.73. The Bertz CT molecular complexity index is 597. The minimum Gasteiger partial charge on any atom is -0.286 e. The van der Waals surface area contributed by atoms with Gasteiger partial charge in [0, 0.05) is 5.02 Å². The van der Waals surface area contributed by atoms with Gasteiger partial charge in [0.05, 0.1) is 10.9 Å². The summed E-state index contributed by atoms with van der Waals surface area (Å²) in [7, 11) is 0. The summed E-state index contributed by atoms with van der Waals surface area (Å²) in [6.45, 7) is 0. The molecule has 2 aromatic rings. The van der Waals surface area contributed by atoms with Crippen LogP contribution in [0.2, 0.25) is 5.02 Å². The van der Waals surface area contributed by atoms with Crippen LogP contribution in [-0.2, 0) is 0 Å². The minimum absolute atomic E-state index is 0.139. The molecule has 0 unspecified atom stereocenters. The van der Waals surface area contributed by atoms with Crippen molar-refractivity contribution in [3.63, 3.8) is 0 Å². The van der Waals surface area contributed by atoms with E-state index in [-0.39, 0.29) is 11.1 Å². The number of benzene rings is 1. The van der Waals surface area contributed by atoms with Crippen molar-refractivity contribution in [2.24, 2.45) is 0 Å². The Balaban J connectivity index is 2.93. The summed E-state index contributed by atoms with van der Waals surface area (Å²) in [5.41, 5.74) is 0.0132. The van der Waals surface area contributed by atoms with Crippen LogP contribution in [0.15, 0.2) is 23.0 Å². The number of H-pyrrole nitrogens is 1. The van der Waals surface area contributed by atoms with Crippen LogP contribution in [0.3, 0.4) is 0 Å². The van der Waals surface area contributed by atoms with E-state index in [1.165, 1.54) is 0 Å². The van der Waals surface area contributed by atoms with Crippen LogP contribution in [-0.4, -0.2) is 10.2 Å². The third-order valence-corrected chi connectivity index (χ3v) is 2.07. The van der Waals surface area contributed by atoms with Gasteiger partial charge in [-0.1, -0.05) is 11.6 Å². The molecule has 1 N–H and O–H groups in total. The van der Waals surface area contributed by atoms with Gasteiger partial charge >= 0.3 is 0 Å². The highest BCUT2D eigenvalue weighted by atomic mass is 35.5. The minimum atomic E-state index is -0.377. The first-order valence-electron chi connectivity index (χ1n) is 3.80. The van der Waals surface area contributed by atoms with Gasteiger partial charge in [0.25, 0.3) is 0 Å². The Hall–Kier alpha value is -1.86. The summed E-state index contributed by atoms with van der Waals surface area (Å²) in [5.74, 6) is 0. The maximum atomic E-state index is 11.5. The van der Waals surface area contributed by atoms with Crippen LogP contribution in [0.1, 0.15) is 5.69 Å². The zero-order valence-corrected chi connectivity index (χ0v) is 7.67. The summed E-state index contributed by atoms with van der Waals surface area (Å²) < 4.78 is 0. The molecule has 5 heteroatoms. The number of fused-ring (bicyclic) bond motifs is 1. The van der Waals surface area contributed by atoms with Gasteiger partial charge in [-0.15, -0.1) is 0 Å². The molecule has 14 heavy (non-hydrogen) atoms. The number of aromatic amines is 1. The van der Waals surface area contributed by atoms with Gasteiger partial charge in [0.1, 0.15) is 6.07 Å². The standard InChI is InChI=1S/C9H4ClN3O/c10-5-1-2-6-7(3-5)12-13-8(4-11)9(6)14/h1-3H,(H,12,14). The summed E-state index contributed by atoms with van der Waals surface area (Å²) in [6.07, 6.45) is 0. The lowest BCUT2D eigenvalue weighted by Crippen LogP contribution is -2.10. The van der Waals surface area contributed by atoms with Crippen molar-refractivity contribution in [3.05, 3.63) is 39.1 Å². The number of rotatable bonds is 0. The third kappa shape index (κ3) is 1.24. The van der Waals surface area contributed by atoms with Crippen LogP contribution in [0.25, 0.3) is 10.9 Å². The number of nitrogens with one attached hydrogen (secondary N) is 1. The summed E-state index contributed by atoms with van der Waals surface area (Å²) >= 11 is 5.73. The molecule has 0 aliphatic heterocycles. The van der Waals surface area contributed by atoms with Crippen LogP contribution >= 0.6 is 11.6 Å². The molecule has 0 aliphatic carbocycles. The van der Waals surface area contributed by atoms with E-state index in [0.717, 1.165) is 0 Å². The molecular weight excluding hydrogens is 202 g/mol. The second-order valence-corrected chi connectivity index (χ2v) is 3.14. The lowest BCUT2D eigenvalue weighted by Gasteiger charge is -1.96. The predicted molar refractivity (Wildman–Crippen MR) is 52.1 cm³/mol. The predicted octanol–water partition coefficient (Wildman–Crippen LogP) is 1.45. The van der Waals surface area contributed by atoms with Crippen molar-refractivity contribution in [1.29, 1.82) is 5.26 Å². The van der Waals surface area contributed by atoms with E-state index in [1.807, 2.05) is 0 Å². The SMILES string of the molecule is N#Cc1n[nH]c2cc(Cl)ccc2c1=O. The van der Waals surface area contributed by atoms with Crippen molar-refractivity contribution in [2.45, 2.75) is 0 Å². The molecule has 0 radical (unpaired) electrons. The molecular formula is C9H4ClN3O. The van der Waals surface area contributed by atoms with E-state index in [4.69, 9.17) is 16.9 Å². The van der Waals surface area contributed by atoms with Crippen LogP contribution in [0.4, 0.5) is 0 Å². The first-order valence-corrected chi connectivity index (χ1v) is 4.18. The largest absolute Gasteiger partial charge is 0.286 e. The summed E-state index contributed by atoms with van der Waals surface area (Å²) in [6, 6.07) is 6.47. The second-order valence-electron chi connectivity index (χ2n) is 2.70. The van der Waals surface area contributed by atoms with Gasteiger partial charge in [-0.2, -0.15) is 10.4 Å². The quantitative estimate of drug-likeness (QED) is 0.708. The summed E-state index contributed by atoms with van der Waals surface area (Å²) in [4.78, 5) is 11.5. The fourth-order valence-corrected chi connectivity index (χ4v) is 1.35. The van der Waals surface area contributed by atoms with Crippen molar-refractivity contribution >= 4 is 22.5 Å². The fraction of sp³-hybridized carbons (Fsp3) is 0. The molecule has 0 spiro atoms. The summed E-state index contributed by atoms with van der Waals surface area (Å²) in [5, 5.41) is 15.7. The number of hydrogen-bond donors (Lipinski definition) is 1. The number of halogens is 1. The zero-order chi connectivity index (χ0) is 10.1. The third-order valence-electron chi connectivity index (χ3n) is 1.84. The van der Waals surface area contributed by atoms with E-state index in [1.54, 1.807) is 24.3 Å². The highest BCUT2D eigenvalue weighted by Gasteiger charge is 2.05. The molecule has 0 atom stereocenters. The number of nitrogens with zero attached hydrogens (tertiary/aromatic N) is 2. The monoisotopic (exact) mass is 205 g/mol. The number of nitriles is 1. The lowest BCUT2D eigenvalue weighted by molar-refractivity contribution is 1.04. The average Bonchev–Trinajstić information content (AvgIpc) is 2.18. The number of hydrogen-bond acceptors (Lipinski definition) is 3. The molecule has 4 nitrogen and oxygen atoms in total. The van der Waals surface area contributed by atoms with Gasteiger partial charge in [0.15, 0.2) is 0 Å². The van der Waals surface area contributed by atoms with Crippen LogP contribution in [0, 0.1) is 11.3 Å². The Morgan fingerprint density at radius 2 is 2.29 bits per heavy atom. The van der Waals surface area contributed by atoms with Gasteiger partial charge in [-0.3, -0.25) is 9.89 Å². The highest BCUT2D eigenvalue weighted by molar-refractivity contribution is 6.31.